The molecule has 1 fully saturated rings. The lowest BCUT2D eigenvalue weighted by atomic mass is 10.1. The zero-order valence-electron chi connectivity index (χ0n) is 5.21. The smallest absolute Gasteiger partial charge is 0.184 e. The quantitative estimate of drug-likeness (QED) is 0.329. The van der Waals surface area contributed by atoms with Gasteiger partial charge in [-0.25, -0.2) is 0 Å². The van der Waals surface area contributed by atoms with Crippen LogP contribution in [0.1, 0.15) is 0 Å². The Morgan fingerprint density at radius 3 is 1.90 bits per heavy atom. The third-order valence-corrected chi connectivity index (χ3v) is 1.52. The van der Waals surface area contributed by atoms with E-state index in [0.29, 0.717) is 0 Å². The van der Waals surface area contributed by atoms with Crippen LogP contribution in [0.25, 0.3) is 0 Å². The number of ether oxygens (including phenoxy) is 1. The van der Waals surface area contributed by atoms with Crippen LogP contribution in [-0.2, 0) is 4.74 Å². The molecule has 10 heavy (non-hydrogen) atoms. The van der Waals surface area contributed by atoms with Crippen LogP contribution in [0.4, 0.5) is 0 Å². The van der Waals surface area contributed by atoms with Gasteiger partial charge in [0.2, 0.25) is 0 Å². The maximum atomic E-state index is 8.93. The Morgan fingerprint density at radius 2 is 1.70 bits per heavy atom. The van der Waals surface area contributed by atoms with Crippen molar-refractivity contribution in [2.24, 2.45) is 0 Å². The average molecular weight is 150 g/mol. The molecule has 1 rings (SSSR count). The molecule has 0 amide bonds. The average Bonchev–Trinajstić information content (AvgIpc) is 2.17. The molecule has 4 atom stereocenters. The Bertz CT molecular complexity index is 117. The summed E-state index contributed by atoms with van der Waals surface area (Å²) < 4.78 is 4.54. The first-order valence-electron chi connectivity index (χ1n) is 2.97. The van der Waals surface area contributed by atoms with E-state index in [1.807, 2.05) is 0 Å². The van der Waals surface area contributed by atoms with Crippen molar-refractivity contribution in [3.05, 3.63) is 0 Å². The topological polar surface area (TPSA) is 90.2 Å². The lowest BCUT2D eigenvalue weighted by molar-refractivity contribution is -0.132. The highest BCUT2D eigenvalue weighted by Crippen LogP contribution is 2.18. The lowest BCUT2D eigenvalue weighted by Gasteiger charge is -2.09. The van der Waals surface area contributed by atoms with Crippen molar-refractivity contribution in [2.45, 2.75) is 24.6 Å². The summed E-state index contributed by atoms with van der Waals surface area (Å²) in [4.78, 5) is 0. The molecule has 0 aromatic rings. The van der Waals surface area contributed by atoms with Gasteiger partial charge in [-0.15, -0.1) is 0 Å². The molecule has 60 valence electrons. The Balaban J connectivity index is 2.53. The first-order valence-corrected chi connectivity index (χ1v) is 2.97. The van der Waals surface area contributed by atoms with Crippen molar-refractivity contribution in [1.29, 1.82) is 0 Å². The van der Waals surface area contributed by atoms with Gasteiger partial charge in [-0.1, -0.05) is 0 Å². The Kier molecular flexibility index (Phi) is 2.22. The van der Waals surface area contributed by atoms with Gasteiger partial charge >= 0.3 is 0 Å². The monoisotopic (exact) mass is 150 g/mol. The van der Waals surface area contributed by atoms with Crippen molar-refractivity contribution in [3.63, 3.8) is 0 Å². The van der Waals surface area contributed by atoms with E-state index >= 15 is 0 Å². The Labute approximate surface area is 57.5 Å². The van der Waals surface area contributed by atoms with Crippen LogP contribution in [-0.4, -0.2) is 51.6 Å². The van der Waals surface area contributed by atoms with Crippen molar-refractivity contribution in [1.82, 2.24) is 0 Å². The summed E-state index contributed by atoms with van der Waals surface area (Å²) in [6.07, 6.45) is -4.76. The molecule has 0 bridgehead atoms. The number of aliphatic hydroxyl groups excluding tert-OH is 4. The van der Waals surface area contributed by atoms with Gasteiger partial charge in [0.25, 0.3) is 0 Å². The van der Waals surface area contributed by atoms with Crippen LogP contribution in [0.15, 0.2) is 0 Å². The summed E-state index contributed by atoms with van der Waals surface area (Å²) in [6, 6.07) is 0. The SMILES string of the molecule is OCC1O[C@H](O)C(O)[C@@H]1O. The molecule has 1 heterocycles. The van der Waals surface area contributed by atoms with E-state index in [9.17, 15) is 0 Å². The molecule has 1 aliphatic heterocycles. The van der Waals surface area contributed by atoms with Crippen molar-refractivity contribution >= 4 is 0 Å². The highest BCUT2D eigenvalue weighted by molar-refractivity contribution is 4.84. The fraction of sp³-hybridized carbons (Fsp3) is 1.00. The molecule has 5 heteroatoms. The van der Waals surface area contributed by atoms with Gasteiger partial charge in [0.1, 0.15) is 18.3 Å². The van der Waals surface area contributed by atoms with Crippen LogP contribution in [0, 0.1) is 0 Å². The number of hydrogen-bond acceptors (Lipinski definition) is 5. The minimum atomic E-state index is -1.38. The van der Waals surface area contributed by atoms with Gasteiger partial charge in [0.15, 0.2) is 6.29 Å². The molecule has 1 saturated heterocycles. The second kappa shape index (κ2) is 2.81. The largest absolute Gasteiger partial charge is 0.394 e. The van der Waals surface area contributed by atoms with Crippen LogP contribution >= 0.6 is 0 Å². The van der Waals surface area contributed by atoms with Crippen molar-refractivity contribution in [3.8, 4) is 0 Å². The third-order valence-electron chi connectivity index (χ3n) is 1.52. The molecular formula is C5H10O5. The van der Waals surface area contributed by atoms with E-state index in [0.717, 1.165) is 0 Å². The molecule has 0 aliphatic carbocycles. The number of rotatable bonds is 1. The summed E-state index contributed by atoms with van der Waals surface area (Å²) in [5, 5.41) is 35.0. The maximum absolute atomic E-state index is 8.93. The van der Waals surface area contributed by atoms with Gasteiger partial charge < -0.3 is 25.2 Å². The van der Waals surface area contributed by atoms with Crippen LogP contribution in [0.5, 0.6) is 0 Å². The third kappa shape index (κ3) is 1.14. The van der Waals surface area contributed by atoms with E-state index in [2.05, 4.69) is 4.74 Å². The van der Waals surface area contributed by atoms with E-state index in [1.54, 1.807) is 0 Å². The molecular weight excluding hydrogens is 140 g/mol. The first-order chi connectivity index (χ1) is 4.66. The van der Waals surface area contributed by atoms with Crippen molar-refractivity contribution in [2.75, 3.05) is 6.61 Å². The molecule has 1 aliphatic rings. The summed E-state index contributed by atoms with van der Waals surface area (Å²) in [6.45, 7) is -0.407. The molecule has 0 saturated carbocycles. The predicted octanol–water partition coefficient (Wildman–Crippen LogP) is -2.58. The zero-order chi connectivity index (χ0) is 7.72. The van der Waals surface area contributed by atoms with Gasteiger partial charge in [0.05, 0.1) is 6.61 Å². The van der Waals surface area contributed by atoms with Crippen LogP contribution < -0.4 is 0 Å². The van der Waals surface area contributed by atoms with Crippen LogP contribution in [0.3, 0.4) is 0 Å². The highest BCUT2D eigenvalue weighted by Gasteiger charge is 2.41. The molecule has 0 aromatic carbocycles. The fourth-order valence-corrected chi connectivity index (χ4v) is 0.880. The summed E-state index contributed by atoms with van der Waals surface area (Å²) in [5.41, 5.74) is 0. The fourth-order valence-electron chi connectivity index (χ4n) is 0.880. The summed E-state index contributed by atoms with van der Waals surface area (Å²) >= 11 is 0. The molecule has 4 N–H and O–H groups in total. The number of aliphatic hydroxyl groups is 4. The molecule has 0 spiro atoms. The zero-order valence-corrected chi connectivity index (χ0v) is 5.21. The Morgan fingerprint density at radius 1 is 1.10 bits per heavy atom. The standard InChI is InChI=1S/C5H10O5/c6-1-2-3(7)4(8)5(9)10-2/h2-9H,1H2/t2?,3-,4?,5+/m1/s1. The minimum absolute atomic E-state index is 0.407. The lowest BCUT2D eigenvalue weighted by Crippen LogP contribution is -2.33. The van der Waals surface area contributed by atoms with E-state index < -0.39 is 31.2 Å². The second-order valence-corrected chi connectivity index (χ2v) is 2.23. The predicted molar refractivity (Wildman–Crippen MR) is 30.0 cm³/mol. The normalized spacial score (nSPS) is 48.0. The second-order valence-electron chi connectivity index (χ2n) is 2.23. The van der Waals surface area contributed by atoms with E-state index in [4.69, 9.17) is 20.4 Å². The highest BCUT2D eigenvalue weighted by atomic mass is 16.6. The van der Waals surface area contributed by atoms with E-state index in [-0.39, 0.29) is 0 Å². The van der Waals surface area contributed by atoms with Gasteiger partial charge in [-0.3, -0.25) is 0 Å². The number of hydrogen-bond donors (Lipinski definition) is 4. The summed E-state index contributed by atoms with van der Waals surface area (Å²) in [7, 11) is 0. The maximum Gasteiger partial charge on any atom is 0.184 e. The summed E-state index contributed by atoms with van der Waals surface area (Å²) in [5.74, 6) is 0. The van der Waals surface area contributed by atoms with Gasteiger partial charge in [0, 0.05) is 0 Å². The van der Waals surface area contributed by atoms with Gasteiger partial charge in [-0.2, -0.15) is 0 Å². The molecule has 0 aromatic heterocycles. The minimum Gasteiger partial charge on any atom is -0.394 e. The molecule has 5 nitrogen and oxygen atoms in total. The van der Waals surface area contributed by atoms with E-state index in [1.165, 1.54) is 0 Å². The Hall–Kier alpha value is -0.200. The van der Waals surface area contributed by atoms with Crippen LogP contribution in [0.2, 0.25) is 0 Å². The van der Waals surface area contributed by atoms with Crippen molar-refractivity contribution < 1.29 is 25.2 Å². The van der Waals surface area contributed by atoms with Gasteiger partial charge in [-0.05, 0) is 0 Å². The molecule has 0 radical (unpaired) electrons. The molecule has 2 unspecified atom stereocenters. The first kappa shape index (κ1) is 7.90.